The zero-order valence-electron chi connectivity index (χ0n) is 18.5. The van der Waals surface area contributed by atoms with Crippen molar-refractivity contribution < 1.29 is 14.4 Å². The van der Waals surface area contributed by atoms with Gasteiger partial charge in [-0.1, -0.05) is 17.9 Å². The molecule has 3 aliphatic heterocycles. The number of rotatable bonds is 2. The number of benzene rings is 1. The number of amides is 3. The minimum Gasteiger partial charge on any atom is -0.355 e. The number of hydrogen-bond acceptors (Lipinski definition) is 6. The van der Waals surface area contributed by atoms with Crippen molar-refractivity contribution in [3.8, 4) is 11.8 Å². The first kappa shape index (κ1) is 21.1. The molecular weight excluding hydrogens is 418 g/mol. The van der Waals surface area contributed by atoms with Crippen LogP contribution in [-0.4, -0.2) is 51.7 Å². The highest BCUT2D eigenvalue weighted by Gasteiger charge is 2.39. The second-order valence-corrected chi connectivity index (χ2v) is 8.73. The van der Waals surface area contributed by atoms with Crippen molar-refractivity contribution in [1.82, 2.24) is 20.2 Å². The lowest BCUT2D eigenvalue weighted by Crippen LogP contribution is -2.52. The first-order chi connectivity index (χ1) is 16.0. The summed E-state index contributed by atoms with van der Waals surface area (Å²) >= 11 is 0. The molecule has 0 saturated carbocycles. The van der Waals surface area contributed by atoms with Gasteiger partial charge >= 0.3 is 0 Å². The van der Waals surface area contributed by atoms with Gasteiger partial charge in [0.2, 0.25) is 11.8 Å². The fourth-order valence-corrected chi connectivity index (χ4v) is 4.83. The highest BCUT2D eigenvalue weighted by molar-refractivity contribution is 6.05. The van der Waals surface area contributed by atoms with Gasteiger partial charge in [0, 0.05) is 55.5 Å². The molecule has 0 bridgehead atoms. The largest absolute Gasteiger partial charge is 0.355 e. The Labute approximate surface area is 192 Å². The van der Waals surface area contributed by atoms with Crippen molar-refractivity contribution >= 4 is 23.5 Å². The number of piperidine rings is 2. The van der Waals surface area contributed by atoms with Crippen LogP contribution in [0.5, 0.6) is 0 Å². The van der Waals surface area contributed by atoms with E-state index in [1.807, 2.05) is 19.1 Å². The van der Waals surface area contributed by atoms with Gasteiger partial charge in [-0.15, -0.1) is 0 Å². The maximum absolute atomic E-state index is 13.0. The molecule has 1 atom stereocenters. The number of carbonyl (C=O) groups excluding carboxylic acids is 3. The van der Waals surface area contributed by atoms with Crippen LogP contribution in [0, 0.1) is 24.7 Å². The number of aromatic nitrogens is 2. The molecule has 0 radical (unpaired) electrons. The van der Waals surface area contributed by atoms with E-state index in [4.69, 9.17) is 0 Å². The maximum Gasteiger partial charge on any atom is 0.255 e. The number of imide groups is 1. The van der Waals surface area contributed by atoms with Gasteiger partial charge in [-0.25, -0.2) is 4.98 Å². The van der Waals surface area contributed by atoms with Crippen molar-refractivity contribution in [3.05, 3.63) is 53.0 Å². The molecule has 0 aliphatic carbocycles. The van der Waals surface area contributed by atoms with Crippen molar-refractivity contribution in [2.75, 3.05) is 18.0 Å². The van der Waals surface area contributed by atoms with Crippen molar-refractivity contribution in [1.29, 1.82) is 0 Å². The Kier molecular flexibility index (Phi) is 5.55. The molecule has 1 N–H and O–H groups in total. The third-order valence-corrected chi connectivity index (χ3v) is 6.64. The molecule has 3 amide bonds. The minimum absolute atomic E-state index is 0.171. The van der Waals surface area contributed by atoms with Crippen molar-refractivity contribution in [2.24, 2.45) is 5.92 Å². The number of carbonyl (C=O) groups is 3. The van der Waals surface area contributed by atoms with Gasteiger partial charge in [0.1, 0.15) is 11.9 Å². The summed E-state index contributed by atoms with van der Waals surface area (Å²) in [5, 5.41) is 2.34. The molecule has 1 unspecified atom stereocenters. The quantitative estimate of drug-likeness (QED) is 0.562. The van der Waals surface area contributed by atoms with Crippen LogP contribution in [0.1, 0.15) is 52.9 Å². The van der Waals surface area contributed by atoms with Crippen LogP contribution in [-0.2, 0) is 16.1 Å². The Morgan fingerprint density at radius 1 is 1.06 bits per heavy atom. The molecule has 2 aromatic rings. The molecule has 0 spiro atoms. The zero-order valence-corrected chi connectivity index (χ0v) is 18.5. The van der Waals surface area contributed by atoms with E-state index >= 15 is 0 Å². The van der Waals surface area contributed by atoms with Crippen LogP contribution in [0.15, 0.2) is 30.6 Å². The summed E-state index contributed by atoms with van der Waals surface area (Å²) in [7, 11) is 0. The second kappa shape index (κ2) is 8.66. The van der Waals surface area contributed by atoms with E-state index in [0.717, 1.165) is 48.6 Å². The van der Waals surface area contributed by atoms with Crippen LogP contribution in [0.2, 0.25) is 0 Å². The van der Waals surface area contributed by atoms with E-state index in [1.54, 1.807) is 23.4 Å². The molecule has 2 saturated heterocycles. The Bertz CT molecular complexity index is 1190. The number of hydrogen-bond donors (Lipinski definition) is 1. The SMILES string of the molecule is Cc1nccnc1N1CCC(C#Cc2cccc3c2CN(C2CCC(=O)NC2=O)C3=O)CC1. The predicted octanol–water partition coefficient (Wildman–Crippen LogP) is 1.81. The summed E-state index contributed by atoms with van der Waals surface area (Å²) in [6.45, 7) is 4.08. The second-order valence-electron chi connectivity index (χ2n) is 8.73. The van der Waals surface area contributed by atoms with Gasteiger partial charge in [0.05, 0.1) is 5.69 Å². The number of anilines is 1. The lowest BCUT2D eigenvalue weighted by Gasteiger charge is -2.31. The number of aryl methyl sites for hydroxylation is 1. The van der Waals surface area contributed by atoms with E-state index in [9.17, 15) is 14.4 Å². The monoisotopic (exact) mass is 443 g/mol. The highest BCUT2D eigenvalue weighted by atomic mass is 16.2. The lowest BCUT2D eigenvalue weighted by molar-refractivity contribution is -0.136. The Morgan fingerprint density at radius 3 is 2.61 bits per heavy atom. The average Bonchev–Trinajstić information content (AvgIpc) is 3.15. The summed E-state index contributed by atoms with van der Waals surface area (Å²) in [6, 6.07) is 4.95. The molecule has 3 aliphatic rings. The Balaban J connectivity index is 1.28. The van der Waals surface area contributed by atoms with Crippen LogP contribution in [0.25, 0.3) is 0 Å². The normalized spacial score (nSPS) is 20.9. The van der Waals surface area contributed by atoms with Crippen LogP contribution >= 0.6 is 0 Å². The molecular formula is C25H25N5O3. The lowest BCUT2D eigenvalue weighted by atomic mass is 9.96. The Morgan fingerprint density at radius 2 is 1.85 bits per heavy atom. The molecule has 2 fully saturated rings. The molecule has 8 heteroatoms. The van der Waals surface area contributed by atoms with Crippen LogP contribution < -0.4 is 10.2 Å². The molecule has 33 heavy (non-hydrogen) atoms. The van der Waals surface area contributed by atoms with E-state index in [-0.39, 0.29) is 24.2 Å². The van der Waals surface area contributed by atoms with Gasteiger partial charge in [-0.3, -0.25) is 24.7 Å². The molecule has 5 rings (SSSR count). The van der Waals surface area contributed by atoms with E-state index < -0.39 is 11.9 Å². The smallest absolute Gasteiger partial charge is 0.255 e. The van der Waals surface area contributed by atoms with E-state index in [2.05, 4.69) is 32.0 Å². The van der Waals surface area contributed by atoms with Gasteiger partial charge in [0.15, 0.2) is 0 Å². The van der Waals surface area contributed by atoms with Crippen molar-refractivity contribution in [2.45, 2.75) is 45.2 Å². The van der Waals surface area contributed by atoms with Crippen molar-refractivity contribution in [3.63, 3.8) is 0 Å². The topological polar surface area (TPSA) is 95.5 Å². The zero-order chi connectivity index (χ0) is 22.9. The van der Waals surface area contributed by atoms with E-state index in [0.29, 0.717) is 18.5 Å². The molecule has 1 aromatic heterocycles. The van der Waals surface area contributed by atoms with Crippen LogP contribution in [0.4, 0.5) is 5.82 Å². The number of nitrogens with one attached hydrogen (secondary N) is 1. The maximum atomic E-state index is 13.0. The minimum atomic E-state index is -0.614. The summed E-state index contributed by atoms with van der Waals surface area (Å²) in [4.78, 5) is 49.4. The average molecular weight is 444 g/mol. The fourth-order valence-electron chi connectivity index (χ4n) is 4.83. The summed E-state index contributed by atoms with van der Waals surface area (Å²) in [5.41, 5.74) is 3.24. The molecule has 8 nitrogen and oxygen atoms in total. The number of nitrogens with zero attached hydrogens (tertiary/aromatic N) is 4. The third kappa shape index (κ3) is 4.07. The standard InChI is InChI=1S/C25H25N5O3/c1-16-23(27-12-11-26-16)29-13-9-17(10-14-29)5-6-18-3-2-4-19-20(18)15-30(25(19)33)21-7-8-22(31)28-24(21)32/h2-4,11-12,17,21H,7-10,13-15H2,1H3,(H,28,31,32). The van der Waals surface area contributed by atoms with Crippen LogP contribution in [0.3, 0.4) is 0 Å². The third-order valence-electron chi connectivity index (χ3n) is 6.64. The fraction of sp³-hybridized carbons (Fsp3) is 0.400. The summed E-state index contributed by atoms with van der Waals surface area (Å²) in [5.74, 6) is 7.09. The molecule has 1 aromatic carbocycles. The van der Waals surface area contributed by atoms with Gasteiger partial charge in [-0.05, 0) is 43.9 Å². The molecule has 168 valence electrons. The van der Waals surface area contributed by atoms with Gasteiger partial charge < -0.3 is 9.80 Å². The predicted molar refractivity (Wildman–Crippen MR) is 121 cm³/mol. The van der Waals surface area contributed by atoms with Gasteiger partial charge in [0.25, 0.3) is 5.91 Å². The number of fused-ring (bicyclic) bond motifs is 1. The first-order valence-electron chi connectivity index (χ1n) is 11.3. The molecule has 4 heterocycles. The first-order valence-corrected chi connectivity index (χ1v) is 11.3. The summed E-state index contributed by atoms with van der Waals surface area (Å²) < 4.78 is 0. The van der Waals surface area contributed by atoms with Gasteiger partial charge in [-0.2, -0.15) is 0 Å². The summed E-state index contributed by atoms with van der Waals surface area (Å²) in [6.07, 6.45) is 5.93. The van der Waals surface area contributed by atoms with E-state index in [1.165, 1.54) is 0 Å². The highest BCUT2D eigenvalue weighted by Crippen LogP contribution is 2.30. The Hall–Kier alpha value is -3.73.